The van der Waals surface area contributed by atoms with Gasteiger partial charge in [0.15, 0.2) is 0 Å². The Bertz CT molecular complexity index is 293. The lowest BCUT2D eigenvalue weighted by molar-refractivity contribution is -0.143. The number of unbranched alkanes of at least 4 members (excludes halogenated alkanes) is 2. The van der Waals surface area contributed by atoms with E-state index in [-0.39, 0.29) is 12.3 Å². The molecule has 0 saturated heterocycles. The summed E-state index contributed by atoms with van der Waals surface area (Å²) in [5, 5.41) is 22.2. The Morgan fingerprint density at radius 1 is 1.17 bits per heavy atom. The van der Waals surface area contributed by atoms with Gasteiger partial charge >= 0.3 is 5.97 Å². The second-order valence-electron chi connectivity index (χ2n) is 3.93. The second kappa shape index (κ2) is 9.41. The van der Waals surface area contributed by atoms with Gasteiger partial charge in [-0.3, -0.25) is 9.59 Å². The van der Waals surface area contributed by atoms with Gasteiger partial charge in [-0.15, -0.1) is 0 Å². The number of hydrogen-bond acceptors (Lipinski definition) is 4. The number of amides is 2. The maximum absolute atomic E-state index is 11.3. The highest BCUT2D eigenvalue weighted by molar-refractivity contribution is 5.83. The van der Waals surface area contributed by atoms with Crippen LogP contribution in [0.3, 0.4) is 0 Å². The minimum Gasteiger partial charge on any atom is -0.480 e. The summed E-state index contributed by atoms with van der Waals surface area (Å²) in [4.78, 5) is 32.4. The Hall–Kier alpha value is -1.63. The average Bonchev–Trinajstić information content (AvgIpc) is 2.29. The molecular formula is C11H20N2O5. The summed E-state index contributed by atoms with van der Waals surface area (Å²) < 4.78 is 0. The van der Waals surface area contributed by atoms with Gasteiger partial charge in [-0.05, 0) is 12.8 Å². The van der Waals surface area contributed by atoms with Crippen molar-refractivity contribution >= 4 is 17.8 Å². The largest absolute Gasteiger partial charge is 0.480 e. The van der Waals surface area contributed by atoms with Crippen LogP contribution < -0.4 is 10.6 Å². The summed E-state index contributed by atoms with van der Waals surface area (Å²) in [5.41, 5.74) is 0. The first-order valence-electron chi connectivity index (χ1n) is 5.84. The van der Waals surface area contributed by atoms with E-state index in [4.69, 9.17) is 10.2 Å². The predicted molar refractivity (Wildman–Crippen MR) is 63.8 cm³/mol. The lowest BCUT2D eigenvalue weighted by atomic mass is 10.2. The van der Waals surface area contributed by atoms with Gasteiger partial charge in [0.05, 0.1) is 6.61 Å². The van der Waals surface area contributed by atoms with Crippen molar-refractivity contribution in [2.45, 2.75) is 38.6 Å². The van der Waals surface area contributed by atoms with Crippen LogP contribution in [0.5, 0.6) is 0 Å². The van der Waals surface area contributed by atoms with Crippen LogP contribution in [-0.4, -0.2) is 47.2 Å². The number of rotatable bonds is 9. The zero-order chi connectivity index (χ0) is 14.0. The molecule has 7 heteroatoms. The van der Waals surface area contributed by atoms with Gasteiger partial charge in [0, 0.05) is 19.9 Å². The molecule has 4 N–H and O–H groups in total. The van der Waals surface area contributed by atoms with Crippen molar-refractivity contribution in [1.29, 1.82) is 0 Å². The Morgan fingerprint density at radius 2 is 1.83 bits per heavy atom. The summed E-state index contributed by atoms with van der Waals surface area (Å²) in [6.07, 6.45) is 2.37. The van der Waals surface area contributed by atoms with Crippen molar-refractivity contribution in [3.63, 3.8) is 0 Å². The molecule has 0 rings (SSSR count). The molecule has 7 nitrogen and oxygen atoms in total. The maximum Gasteiger partial charge on any atom is 0.328 e. The van der Waals surface area contributed by atoms with Gasteiger partial charge in [-0.25, -0.2) is 4.79 Å². The fourth-order valence-electron chi connectivity index (χ4n) is 1.30. The Labute approximate surface area is 106 Å². The summed E-state index contributed by atoms with van der Waals surface area (Å²) in [6.45, 7) is 1.39. The highest BCUT2D eigenvalue weighted by atomic mass is 16.4. The number of carbonyl (C=O) groups excluding carboxylic acids is 2. The molecule has 18 heavy (non-hydrogen) atoms. The smallest absolute Gasteiger partial charge is 0.328 e. The van der Waals surface area contributed by atoms with E-state index in [1.54, 1.807) is 0 Å². The second-order valence-corrected chi connectivity index (χ2v) is 3.93. The molecule has 0 aromatic rings. The maximum atomic E-state index is 11.3. The molecule has 0 aromatic heterocycles. The minimum atomic E-state index is -1.25. The van der Waals surface area contributed by atoms with Crippen LogP contribution in [0.1, 0.15) is 32.6 Å². The van der Waals surface area contributed by atoms with E-state index in [9.17, 15) is 14.4 Å². The lowest BCUT2D eigenvalue weighted by Crippen LogP contribution is -2.43. The molecule has 1 atom stereocenters. The number of aliphatic hydroxyl groups is 1. The summed E-state index contributed by atoms with van der Waals surface area (Å²) in [6, 6.07) is -1.24. The van der Waals surface area contributed by atoms with Gasteiger partial charge in [0.25, 0.3) is 0 Å². The Balaban J connectivity index is 3.59. The Kier molecular flexibility index (Phi) is 8.55. The molecule has 0 radical (unpaired) electrons. The number of hydrogen-bond donors (Lipinski definition) is 4. The van der Waals surface area contributed by atoms with Crippen LogP contribution >= 0.6 is 0 Å². The van der Waals surface area contributed by atoms with Crippen molar-refractivity contribution in [2.24, 2.45) is 0 Å². The van der Waals surface area contributed by atoms with Crippen LogP contribution in [0.15, 0.2) is 0 Å². The van der Waals surface area contributed by atoms with Crippen LogP contribution in [-0.2, 0) is 14.4 Å². The first-order chi connectivity index (χ1) is 8.47. The molecule has 0 spiro atoms. The van der Waals surface area contributed by atoms with Crippen molar-refractivity contribution in [3.05, 3.63) is 0 Å². The topological polar surface area (TPSA) is 116 Å². The van der Waals surface area contributed by atoms with Crippen molar-refractivity contribution in [2.75, 3.05) is 13.2 Å². The number of carboxylic acid groups (broad SMARTS) is 1. The van der Waals surface area contributed by atoms with Crippen LogP contribution in [0, 0.1) is 0 Å². The molecule has 0 aliphatic rings. The highest BCUT2D eigenvalue weighted by Crippen LogP contribution is 1.99. The van der Waals surface area contributed by atoms with Crippen molar-refractivity contribution in [3.8, 4) is 0 Å². The third-order valence-corrected chi connectivity index (χ3v) is 2.27. The quantitative estimate of drug-likeness (QED) is 0.407. The zero-order valence-corrected chi connectivity index (χ0v) is 10.4. The molecule has 104 valence electrons. The first-order valence-corrected chi connectivity index (χ1v) is 5.84. The molecule has 0 aliphatic carbocycles. The molecule has 0 saturated carbocycles. The normalized spacial score (nSPS) is 11.7. The monoisotopic (exact) mass is 260 g/mol. The SMILES string of the molecule is CC(=O)NCCCCCC(=O)N[C@@H](CO)C(=O)O. The van der Waals surface area contributed by atoms with E-state index in [1.807, 2.05) is 0 Å². The van der Waals surface area contributed by atoms with E-state index >= 15 is 0 Å². The van der Waals surface area contributed by atoms with Gasteiger partial charge in [-0.2, -0.15) is 0 Å². The third kappa shape index (κ3) is 8.51. The predicted octanol–water partition coefficient (Wildman–Crippen LogP) is -0.755. The molecule has 0 bridgehead atoms. The van der Waals surface area contributed by atoms with Gasteiger partial charge in [0.2, 0.25) is 11.8 Å². The summed E-state index contributed by atoms with van der Waals surface area (Å²) in [5.74, 6) is -1.73. The van der Waals surface area contributed by atoms with E-state index < -0.39 is 24.5 Å². The van der Waals surface area contributed by atoms with Crippen molar-refractivity contribution in [1.82, 2.24) is 10.6 Å². The minimum absolute atomic E-state index is 0.0833. The van der Waals surface area contributed by atoms with Crippen molar-refractivity contribution < 1.29 is 24.6 Å². The molecule has 0 fully saturated rings. The molecule has 0 aromatic carbocycles. The lowest BCUT2D eigenvalue weighted by Gasteiger charge is -2.11. The Morgan fingerprint density at radius 3 is 2.33 bits per heavy atom. The molecule has 2 amide bonds. The van der Waals surface area contributed by atoms with Crippen LogP contribution in [0.2, 0.25) is 0 Å². The fraction of sp³-hybridized carbons (Fsp3) is 0.727. The number of carboxylic acids is 1. The van der Waals surface area contributed by atoms with E-state index in [0.717, 1.165) is 12.8 Å². The van der Waals surface area contributed by atoms with Crippen LogP contribution in [0.4, 0.5) is 0 Å². The number of aliphatic carboxylic acids is 1. The summed E-state index contributed by atoms with van der Waals surface area (Å²) in [7, 11) is 0. The molecule has 0 unspecified atom stereocenters. The number of aliphatic hydroxyl groups excluding tert-OH is 1. The molecule has 0 heterocycles. The van der Waals surface area contributed by atoms with E-state index in [1.165, 1.54) is 6.92 Å². The van der Waals surface area contributed by atoms with E-state index in [0.29, 0.717) is 13.0 Å². The third-order valence-electron chi connectivity index (χ3n) is 2.27. The standard InChI is InChI=1S/C11H20N2O5/c1-8(15)12-6-4-2-3-5-10(16)13-9(7-14)11(17)18/h9,14H,2-7H2,1H3,(H,12,15)(H,13,16)(H,17,18)/t9-/m0/s1. The highest BCUT2D eigenvalue weighted by Gasteiger charge is 2.17. The van der Waals surface area contributed by atoms with Gasteiger partial charge in [-0.1, -0.05) is 6.42 Å². The zero-order valence-electron chi connectivity index (χ0n) is 10.4. The van der Waals surface area contributed by atoms with Gasteiger partial charge in [0.1, 0.15) is 6.04 Å². The van der Waals surface area contributed by atoms with Gasteiger partial charge < -0.3 is 20.8 Å². The fourth-order valence-corrected chi connectivity index (χ4v) is 1.30. The number of carbonyl (C=O) groups is 3. The average molecular weight is 260 g/mol. The number of nitrogens with one attached hydrogen (secondary N) is 2. The first kappa shape index (κ1) is 16.4. The van der Waals surface area contributed by atoms with Crippen LogP contribution in [0.25, 0.3) is 0 Å². The molecular weight excluding hydrogens is 240 g/mol. The molecule has 0 aliphatic heterocycles. The summed E-state index contributed by atoms with van der Waals surface area (Å²) >= 11 is 0. The van der Waals surface area contributed by atoms with E-state index in [2.05, 4.69) is 10.6 Å².